The minimum atomic E-state index is -0.828. The molecule has 19 heavy (non-hydrogen) atoms. The Morgan fingerprint density at radius 3 is 2.26 bits per heavy atom. The molecule has 0 saturated carbocycles. The number of nitrogens with two attached hydrogens (primary N) is 1. The van der Waals surface area contributed by atoms with Gasteiger partial charge in [-0.15, -0.1) is 0 Å². The fourth-order valence-corrected chi connectivity index (χ4v) is 2.03. The second kappa shape index (κ2) is 8.91. The molecule has 0 saturated heterocycles. The molecule has 5 nitrogen and oxygen atoms in total. The second-order valence-corrected chi connectivity index (χ2v) is 5.75. The topological polar surface area (TPSA) is 92.4 Å². The van der Waals surface area contributed by atoms with E-state index in [4.69, 9.17) is 10.8 Å². The Morgan fingerprint density at radius 2 is 1.84 bits per heavy atom. The van der Waals surface area contributed by atoms with E-state index in [-0.39, 0.29) is 24.2 Å². The molecule has 0 aromatic rings. The van der Waals surface area contributed by atoms with Crippen LogP contribution in [0.1, 0.15) is 47.0 Å². The third kappa shape index (κ3) is 7.82. The monoisotopic (exact) mass is 272 g/mol. The Labute approximate surface area is 115 Å². The maximum absolute atomic E-state index is 11.8. The van der Waals surface area contributed by atoms with Gasteiger partial charge < -0.3 is 16.2 Å². The van der Waals surface area contributed by atoms with Gasteiger partial charge in [0.15, 0.2) is 0 Å². The van der Waals surface area contributed by atoms with Crippen LogP contribution >= 0.6 is 0 Å². The van der Waals surface area contributed by atoms with Crippen molar-refractivity contribution in [1.29, 1.82) is 0 Å². The van der Waals surface area contributed by atoms with E-state index in [2.05, 4.69) is 5.32 Å². The molecule has 0 spiro atoms. The predicted octanol–water partition coefficient (Wildman–Crippen LogP) is 1.61. The first kappa shape index (κ1) is 17.9. The van der Waals surface area contributed by atoms with Crippen LogP contribution in [0.2, 0.25) is 0 Å². The smallest absolute Gasteiger partial charge is 0.303 e. The second-order valence-electron chi connectivity index (χ2n) is 5.75. The molecule has 0 heterocycles. The fraction of sp³-hybridized carbons (Fsp3) is 0.857. The Hall–Kier alpha value is -1.10. The number of amides is 1. The van der Waals surface area contributed by atoms with E-state index >= 15 is 0 Å². The molecule has 5 heteroatoms. The van der Waals surface area contributed by atoms with Gasteiger partial charge in [0.2, 0.25) is 5.91 Å². The van der Waals surface area contributed by atoms with Crippen LogP contribution in [-0.2, 0) is 9.59 Å². The molecule has 0 radical (unpaired) electrons. The zero-order valence-electron chi connectivity index (χ0n) is 12.5. The lowest BCUT2D eigenvalue weighted by atomic mass is 9.93. The highest BCUT2D eigenvalue weighted by Gasteiger charge is 2.21. The Bertz CT molecular complexity index is 292. The number of rotatable bonds is 9. The highest BCUT2D eigenvalue weighted by atomic mass is 16.4. The standard InChI is InChI=1S/C14H28N2O3/c1-5-10(4)13(15)14(19)16-8-11(6-9(2)3)7-12(17)18/h9-11,13H,5-8,15H2,1-4H3,(H,16,19)(H,17,18)/t10?,11-,13-/m0/s1. The number of aliphatic carboxylic acids is 1. The van der Waals surface area contributed by atoms with E-state index < -0.39 is 12.0 Å². The van der Waals surface area contributed by atoms with Gasteiger partial charge in [-0.05, 0) is 24.2 Å². The average Bonchev–Trinajstić information content (AvgIpc) is 2.32. The molecule has 0 aromatic carbocycles. The number of carbonyl (C=O) groups is 2. The van der Waals surface area contributed by atoms with Gasteiger partial charge in [0.1, 0.15) is 0 Å². The van der Waals surface area contributed by atoms with Crippen molar-refractivity contribution in [2.75, 3.05) is 6.54 Å². The molecule has 0 aliphatic rings. The van der Waals surface area contributed by atoms with Crippen molar-refractivity contribution in [3.05, 3.63) is 0 Å². The first-order chi connectivity index (χ1) is 8.77. The summed E-state index contributed by atoms with van der Waals surface area (Å²) in [5, 5.41) is 11.6. The van der Waals surface area contributed by atoms with Crippen LogP contribution in [0.4, 0.5) is 0 Å². The van der Waals surface area contributed by atoms with Crippen LogP contribution in [0.3, 0.4) is 0 Å². The summed E-state index contributed by atoms with van der Waals surface area (Å²) < 4.78 is 0. The molecule has 3 atom stereocenters. The summed E-state index contributed by atoms with van der Waals surface area (Å²) in [5.41, 5.74) is 5.83. The normalized spacial score (nSPS) is 15.9. The van der Waals surface area contributed by atoms with E-state index in [1.807, 2.05) is 27.7 Å². The Balaban J connectivity index is 4.29. The molecule has 0 rings (SSSR count). The van der Waals surface area contributed by atoms with Crippen LogP contribution in [0, 0.1) is 17.8 Å². The maximum atomic E-state index is 11.8. The summed E-state index contributed by atoms with van der Waals surface area (Å²) in [6, 6.07) is -0.519. The third-order valence-corrected chi connectivity index (χ3v) is 3.39. The first-order valence-corrected chi connectivity index (χ1v) is 7.02. The van der Waals surface area contributed by atoms with E-state index in [0.29, 0.717) is 12.5 Å². The highest BCUT2D eigenvalue weighted by Crippen LogP contribution is 2.15. The first-order valence-electron chi connectivity index (χ1n) is 7.02. The minimum absolute atomic E-state index is 0.0365. The number of nitrogens with one attached hydrogen (secondary N) is 1. The molecule has 0 aromatic heterocycles. The largest absolute Gasteiger partial charge is 0.481 e. The SMILES string of the molecule is CCC(C)[C@H](N)C(=O)NC[C@H](CC(=O)O)CC(C)C. The molecule has 1 unspecified atom stereocenters. The molecular weight excluding hydrogens is 244 g/mol. The summed E-state index contributed by atoms with van der Waals surface area (Å²) >= 11 is 0. The lowest BCUT2D eigenvalue weighted by molar-refractivity contribution is -0.138. The van der Waals surface area contributed by atoms with Crippen molar-refractivity contribution in [2.24, 2.45) is 23.5 Å². The highest BCUT2D eigenvalue weighted by molar-refractivity contribution is 5.81. The van der Waals surface area contributed by atoms with Gasteiger partial charge in [-0.25, -0.2) is 0 Å². The minimum Gasteiger partial charge on any atom is -0.481 e. The molecule has 112 valence electrons. The van der Waals surface area contributed by atoms with Gasteiger partial charge in [0.05, 0.1) is 6.04 Å². The van der Waals surface area contributed by atoms with Crippen molar-refractivity contribution in [2.45, 2.75) is 53.0 Å². The summed E-state index contributed by atoms with van der Waals surface area (Å²) in [6.07, 6.45) is 1.71. The zero-order valence-corrected chi connectivity index (χ0v) is 12.5. The van der Waals surface area contributed by atoms with E-state index in [9.17, 15) is 9.59 Å². The molecule has 0 aliphatic heterocycles. The van der Waals surface area contributed by atoms with Gasteiger partial charge in [-0.1, -0.05) is 34.1 Å². The summed E-state index contributed by atoms with van der Waals surface area (Å²) in [6.45, 7) is 8.40. The third-order valence-electron chi connectivity index (χ3n) is 3.39. The Morgan fingerprint density at radius 1 is 1.26 bits per heavy atom. The number of carboxylic acids is 1. The molecule has 1 amide bonds. The molecular formula is C14H28N2O3. The lowest BCUT2D eigenvalue weighted by Gasteiger charge is -2.21. The van der Waals surface area contributed by atoms with Gasteiger partial charge in [0.25, 0.3) is 0 Å². The lowest BCUT2D eigenvalue weighted by Crippen LogP contribution is -2.46. The van der Waals surface area contributed by atoms with Crippen molar-refractivity contribution >= 4 is 11.9 Å². The average molecular weight is 272 g/mol. The van der Waals surface area contributed by atoms with Crippen LogP contribution in [0.25, 0.3) is 0 Å². The van der Waals surface area contributed by atoms with Crippen molar-refractivity contribution in [1.82, 2.24) is 5.32 Å². The number of hydrogen-bond acceptors (Lipinski definition) is 3. The summed E-state index contributed by atoms with van der Waals surface area (Å²) in [4.78, 5) is 22.6. The summed E-state index contributed by atoms with van der Waals surface area (Å²) in [5.74, 6) is -0.516. The van der Waals surface area contributed by atoms with E-state index in [1.165, 1.54) is 0 Å². The van der Waals surface area contributed by atoms with Gasteiger partial charge in [-0.3, -0.25) is 9.59 Å². The van der Waals surface area contributed by atoms with Crippen LogP contribution in [-0.4, -0.2) is 29.6 Å². The molecule has 0 fully saturated rings. The van der Waals surface area contributed by atoms with E-state index in [0.717, 1.165) is 12.8 Å². The zero-order chi connectivity index (χ0) is 15.0. The van der Waals surface area contributed by atoms with Gasteiger partial charge >= 0.3 is 5.97 Å². The molecule has 0 bridgehead atoms. The van der Waals surface area contributed by atoms with Crippen LogP contribution in [0.5, 0.6) is 0 Å². The number of carbonyl (C=O) groups excluding carboxylic acids is 1. The fourth-order valence-electron chi connectivity index (χ4n) is 2.03. The molecule has 0 aliphatic carbocycles. The van der Waals surface area contributed by atoms with E-state index in [1.54, 1.807) is 0 Å². The van der Waals surface area contributed by atoms with Gasteiger partial charge in [-0.2, -0.15) is 0 Å². The van der Waals surface area contributed by atoms with Crippen LogP contribution < -0.4 is 11.1 Å². The van der Waals surface area contributed by atoms with Crippen molar-refractivity contribution in [3.8, 4) is 0 Å². The predicted molar refractivity (Wildman–Crippen MR) is 75.6 cm³/mol. The van der Waals surface area contributed by atoms with Crippen molar-refractivity contribution < 1.29 is 14.7 Å². The van der Waals surface area contributed by atoms with Crippen molar-refractivity contribution in [3.63, 3.8) is 0 Å². The van der Waals surface area contributed by atoms with Crippen LogP contribution in [0.15, 0.2) is 0 Å². The van der Waals surface area contributed by atoms with Gasteiger partial charge in [0, 0.05) is 13.0 Å². The number of hydrogen-bond donors (Lipinski definition) is 3. The molecule has 4 N–H and O–H groups in total. The Kier molecular flexibility index (Phi) is 8.39. The summed E-state index contributed by atoms with van der Waals surface area (Å²) in [7, 11) is 0. The number of carboxylic acid groups (broad SMARTS) is 1. The maximum Gasteiger partial charge on any atom is 0.303 e. The quantitative estimate of drug-likeness (QED) is 0.594.